The van der Waals surface area contributed by atoms with Crippen LogP contribution >= 0.6 is 15.9 Å². The van der Waals surface area contributed by atoms with Crippen molar-refractivity contribution >= 4 is 49.2 Å². The maximum Gasteiger partial charge on any atom is 0.295 e. The van der Waals surface area contributed by atoms with Crippen molar-refractivity contribution in [2.24, 2.45) is 5.10 Å². The van der Waals surface area contributed by atoms with E-state index in [-0.39, 0.29) is 22.1 Å². The molecular formula is C20H17BrN4O6S. The van der Waals surface area contributed by atoms with Crippen LogP contribution in [0.5, 0.6) is 11.5 Å². The average Bonchev–Trinajstić information content (AvgIpc) is 2.76. The van der Waals surface area contributed by atoms with Crippen molar-refractivity contribution in [3.63, 3.8) is 0 Å². The number of hydrogen-bond acceptors (Lipinski definition) is 8. The Labute approximate surface area is 191 Å². The molecule has 0 bridgehead atoms. The summed E-state index contributed by atoms with van der Waals surface area (Å²) >= 11 is 3.19. The quantitative estimate of drug-likeness (QED) is 0.228. The first-order valence-corrected chi connectivity index (χ1v) is 11.2. The number of nitrogens with zero attached hydrogens (tertiary/aromatic N) is 2. The van der Waals surface area contributed by atoms with Crippen LogP contribution in [0.15, 0.2) is 75.1 Å². The Hall–Kier alpha value is -3.64. The fourth-order valence-electron chi connectivity index (χ4n) is 2.64. The number of hydrogen-bond donors (Lipinski definition) is 3. The van der Waals surface area contributed by atoms with Crippen LogP contribution in [0.25, 0.3) is 0 Å². The zero-order valence-corrected chi connectivity index (χ0v) is 18.9. The highest BCUT2D eigenvalue weighted by Crippen LogP contribution is 2.35. The third kappa shape index (κ3) is 5.34. The summed E-state index contributed by atoms with van der Waals surface area (Å²) < 4.78 is 33.0. The lowest BCUT2D eigenvalue weighted by atomic mass is 10.2. The van der Waals surface area contributed by atoms with Gasteiger partial charge in [0.1, 0.15) is 5.69 Å². The average molecular weight is 521 g/mol. The molecule has 166 valence electrons. The number of halogens is 1. The van der Waals surface area contributed by atoms with Gasteiger partial charge in [0.05, 0.1) is 27.6 Å². The second-order valence-electron chi connectivity index (χ2n) is 6.33. The number of hydrazone groups is 1. The first kappa shape index (κ1) is 23.0. The summed E-state index contributed by atoms with van der Waals surface area (Å²) in [4.78, 5) is 10.5. The van der Waals surface area contributed by atoms with Crippen molar-refractivity contribution in [3.05, 3.63) is 80.8 Å². The Morgan fingerprint density at radius 2 is 1.88 bits per heavy atom. The molecule has 0 aliphatic rings. The van der Waals surface area contributed by atoms with Gasteiger partial charge in [-0.15, -0.1) is 0 Å². The van der Waals surface area contributed by atoms with Crippen molar-refractivity contribution in [2.45, 2.75) is 4.90 Å². The SMILES string of the molecule is COc1cc(C=NNc2ccc(S(=O)(=O)Nc3ccccc3)cc2[N+](=O)[O-])cc(Br)c1O. The molecular weight excluding hydrogens is 504 g/mol. The van der Waals surface area contributed by atoms with Gasteiger partial charge in [-0.1, -0.05) is 18.2 Å². The smallest absolute Gasteiger partial charge is 0.295 e. The van der Waals surface area contributed by atoms with Gasteiger partial charge < -0.3 is 9.84 Å². The summed E-state index contributed by atoms with van der Waals surface area (Å²) in [5.41, 5.74) is 2.93. The van der Waals surface area contributed by atoms with Gasteiger partial charge in [-0.2, -0.15) is 5.10 Å². The number of aromatic hydroxyl groups is 1. The molecule has 10 nitrogen and oxygen atoms in total. The fourth-order valence-corrected chi connectivity index (χ4v) is 4.18. The van der Waals surface area contributed by atoms with Crippen LogP contribution in [0.3, 0.4) is 0 Å². The predicted octanol–water partition coefficient (Wildman–Crippen LogP) is 4.32. The summed E-state index contributed by atoms with van der Waals surface area (Å²) in [6.07, 6.45) is 1.36. The van der Waals surface area contributed by atoms with E-state index in [4.69, 9.17) is 4.74 Å². The first-order chi connectivity index (χ1) is 15.2. The highest BCUT2D eigenvalue weighted by molar-refractivity contribution is 9.10. The van der Waals surface area contributed by atoms with E-state index in [1.165, 1.54) is 31.5 Å². The number of nitro groups is 1. The van der Waals surface area contributed by atoms with E-state index < -0.39 is 20.6 Å². The number of benzene rings is 3. The lowest BCUT2D eigenvalue weighted by Gasteiger charge is -2.09. The molecule has 0 spiro atoms. The first-order valence-electron chi connectivity index (χ1n) is 8.93. The summed E-state index contributed by atoms with van der Waals surface area (Å²) in [5.74, 6) is 0.140. The van der Waals surface area contributed by atoms with Gasteiger partial charge in [0.25, 0.3) is 15.7 Å². The second-order valence-corrected chi connectivity index (χ2v) is 8.87. The minimum Gasteiger partial charge on any atom is -0.503 e. The molecule has 0 heterocycles. The van der Waals surface area contributed by atoms with Gasteiger partial charge in [0, 0.05) is 11.8 Å². The minimum atomic E-state index is -4.03. The number of nitro benzene ring substituents is 1. The number of phenols is 1. The lowest BCUT2D eigenvalue weighted by Crippen LogP contribution is -2.13. The Bertz CT molecular complexity index is 1280. The molecule has 3 aromatic carbocycles. The van der Waals surface area contributed by atoms with E-state index in [1.54, 1.807) is 36.4 Å². The molecule has 12 heteroatoms. The van der Waals surface area contributed by atoms with Crippen molar-refractivity contribution < 1.29 is 23.2 Å². The number of anilines is 2. The molecule has 3 aromatic rings. The van der Waals surface area contributed by atoms with Gasteiger partial charge in [-0.05, 0) is 57.9 Å². The van der Waals surface area contributed by atoms with Crippen LogP contribution in [-0.2, 0) is 10.0 Å². The standard InChI is InChI=1S/C20H17BrN4O6S/c1-31-19-10-13(9-16(21)20(19)26)12-22-23-17-8-7-15(11-18(17)25(27)28)32(29,30)24-14-5-3-2-4-6-14/h2-12,23-24,26H,1H3. The predicted molar refractivity (Wildman–Crippen MR) is 124 cm³/mol. The largest absolute Gasteiger partial charge is 0.503 e. The van der Waals surface area contributed by atoms with E-state index >= 15 is 0 Å². The van der Waals surface area contributed by atoms with E-state index in [1.807, 2.05) is 0 Å². The Kier molecular flexibility index (Phi) is 6.95. The van der Waals surface area contributed by atoms with Gasteiger partial charge in [0.15, 0.2) is 11.5 Å². The number of sulfonamides is 1. The molecule has 3 N–H and O–H groups in total. The van der Waals surface area contributed by atoms with Gasteiger partial charge in [-0.3, -0.25) is 20.3 Å². The van der Waals surface area contributed by atoms with Crippen molar-refractivity contribution in [3.8, 4) is 11.5 Å². The highest BCUT2D eigenvalue weighted by Gasteiger charge is 2.21. The number of methoxy groups -OCH3 is 1. The topological polar surface area (TPSA) is 143 Å². The molecule has 32 heavy (non-hydrogen) atoms. The Balaban J connectivity index is 1.85. The maximum absolute atomic E-state index is 12.6. The maximum atomic E-state index is 12.6. The molecule has 0 aliphatic carbocycles. The second kappa shape index (κ2) is 9.66. The van der Waals surface area contributed by atoms with E-state index in [0.29, 0.717) is 15.7 Å². The van der Waals surface area contributed by atoms with Crippen LogP contribution in [0.2, 0.25) is 0 Å². The van der Waals surface area contributed by atoms with Crippen molar-refractivity contribution in [1.82, 2.24) is 0 Å². The molecule has 0 unspecified atom stereocenters. The van der Waals surface area contributed by atoms with Crippen molar-refractivity contribution in [1.29, 1.82) is 0 Å². The van der Waals surface area contributed by atoms with Gasteiger partial charge in [-0.25, -0.2) is 8.42 Å². The van der Waals surface area contributed by atoms with E-state index in [9.17, 15) is 23.6 Å². The molecule has 0 aliphatic heterocycles. The zero-order chi connectivity index (χ0) is 23.3. The summed E-state index contributed by atoms with van der Waals surface area (Å²) in [6.45, 7) is 0. The minimum absolute atomic E-state index is 0.00489. The van der Waals surface area contributed by atoms with Crippen LogP contribution in [0.1, 0.15) is 5.56 Å². The molecule has 0 radical (unpaired) electrons. The third-order valence-electron chi connectivity index (χ3n) is 4.17. The molecule has 0 amide bonds. The molecule has 0 aromatic heterocycles. The van der Waals surface area contributed by atoms with E-state index in [2.05, 4.69) is 31.2 Å². The van der Waals surface area contributed by atoms with E-state index in [0.717, 1.165) is 6.07 Å². The normalized spacial score (nSPS) is 11.3. The van der Waals surface area contributed by atoms with Crippen molar-refractivity contribution in [2.75, 3.05) is 17.3 Å². The molecule has 0 fully saturated rings. The fraction of sp³-hybridized carbons (Fsp3) is 0.0500. The molecule has 3 rings (SSSR count). The van der Waals surface area contributed by atoms with Gasteiger partial charge >= 0.3 is 0 Å². The number of para-hydroxylation sites is 1. The number of phenolic OH excluding ortho intramolecular Hbond substituents is 1. The summed E-state index contributed by atoms with van der Waals surface area (Å²) in [7, 11) is -2.63. The monoisotopic (exact) mass is 520 g/mol. The summed E-state index contributed by atoms with van der Waals surface area (Å²) in [5, 5.41) is 25.3. The molecule has 0 saturated heterocycles. The van der Waals surface area contributed by atoms with Crippen LogP contribution < -0.4 is 14.9 Å². The van der Waals surface area contributed by atoms with Gasteiger partial charge in [0.2, 0.25) is 0 Å². The van der Waals surface area contributed by atoms with Crippen LogP contribution in [0, 0.1) is 10.1 Å². The number of ether oxygens (including phenoxy) is 1. The lowest BCUT2D eigenvalue weighted by molar-refractivity contribution is -0.384. The highest BCUT2D eigenvalue weighted by atomic mass is 79.9. The van der Waals surface area contributed by atoms with Crippen LogP contribution in [-0.4, -0.2) is 31.8 Å². The molecule has 0 atom stereocenters. The number of rotatable bonds is 8. The summed E-state index contributed by atoms with van der Waals surface area (Å²) in [6, 6.07) is 14.7. The zero-order valence-electron chi connectivity index (χ0n) is 16.5. The Morgan fingerprint density at radius 1 is 1.16 bits per heavy atom. The van der Waals surface area contributed by atoms with Crippen LogP contribution in [0.4, 0.5) is 17.1 Å². The Morgan fingerprint density at radius 3 is 2.53 bits per heavy atom. The number of nitrogens with one attached hydrogen (secondary N) is 2. The third-order valence-corrected chi connectivity index (χ3v) is 6.15. The molecule has 0 saturated carbocycles.